The average Bonchev–Trinajstić information content (AvgIpc) is 2.71. The van der Waals surface area contributed by atoms with Crippen LogP contribution in [0.4, 0.5) is 5.69 Å². The van der Waals surface area contributed by atoms with Crippen LogP contribution in [-0.4, -0.2) is 37.8 Å². The Kier molecular flexibility index (Phi) is 6.88. The van der Waals surface area contributed by atoms with E-state index in [1.807, 2.05) is 6.92 Å². The van der Waals surface area contributed by atoms with Crippen molar-refractivity contribution in [3.63, 3.8) is 0 Å². The van der Waals surface area contributed by atoms with E-state index in [-0.39, 0.29) is 12.2 Å². The summed E-state index contributed by atoms with van der Waals surface area (Å²) in [6.45, 7) is 9.95. The van der Waals surface area contributed by atoms with Crippen LogP contribution in [0.25, 0.3) is 15.7 Å². The molecule has 3 aromatic rings. The molecule has 0 radical (unpaired) electrons. The van der Waals surface area contributed by atoms with Gasteiger partial charge in [0, 0.05) is 24.3 Å². The fourth-order valence-corrected chi connectivity index (χ4v) is 3.70. The van der Waals surface area contributed by atoms with Gasteiger partial charge in [-0.2, -0.15) is 0 Å². The van der Waals surface area contributed by atoms with Crippen molar-refractivity contribution in [3.05, 3.63) is 65.6 Å². The molecule has 160 valence electrons. The molecule has 0 aliphatic heterocycles. The van der Waals surface area contributed by atoms with Crippen molar-refractivity contribution in [3.8, 4) is 17.2 Å². The lowest BCUT2D eigenvalue weighted by atomic mass is 10.1. The molecule has 31 heavy (non-hydrogen) atoms. The lowest BCUT2D eigenvalue weighted by molar-refractivity contribution is -0.116. The zero-order chi connectivity index (χ0) is 22.4. The van der Waals surface area contributed by atoms with E-state index in [0.717, 1.165) is 12.7 Å². The predicted molar refractivity (Wildman–Crippen MR) is 119 cm³/mol. The monoisotopic (exact) mass is 438 g/mol. The number of sulfone groups is 1. The molecule has 0 saturated carbocycles. The first kappa shape index (κ1) is 22.2. The third-order valence-electron chi connectivity index (χ3n) is 4.34. The lowest BCUT2D eigenvalue weighted by Crippen LogP contribution is -2.16. The summed E-state index contributed by atoms with van der Waals surface area (Å²) < 4.78 is 34.1. The molecular weight excluding hydrogens is 416 g/mol. The number of hydrogen-bond acceptors (Lipinski definition) is 6. The van der Waals surface area contributed by atoms with E-state index >= 15 is 0 Å². The van der Waals surface area contributed by atoms with Gasteiger partial charge in [-0.1, -0.05) is 19.1 Å². The maximum absolute atomic E-state index is 11.9. The highest BCUT2D eigenvalue weighted by molar-refractivity contribution is 7.91. The van der Waals surface area contributed by atoms with Crippen LogP contribution in [0.3, 0.4) is 0 Å². The molecule has 7 nitrogen and oxygen atoms in total. The lowest BCUT2D eigenvalue weighted by Gasteiger charge is -2.12. The molecule has 0 aliphatic carbocycles. The molecule has 2 aromatic carbocycles. The molecular formula is C23H22N2O5S. The van der Waals surface area contributed by atoms with E-state index in [4.69, 9.17) is 16.0 Å². The Bertz CT molecular complexity index is 1250. The molecule has 0 atom stereocenters. The van der Waals surface area contributed by atoms with Crippen LogP contribution in [0, 0.1) is 6.57 Å². The number of carbonyl (C=O) groups excluding carboxylic acids is 1. The third-order valence-corrected chi connectivity index (χ3v) is 5.19. The van der Waals surface area contributed by atoms with Crippen molar-refractivity contribution < 1.29 is 22.7 Å². The molecule has 1 heterocycles. The topological polar surface area (TPSA) is 86.9 Å². The molecule has 0 N–H and O–H groups in total. The Hall–Kier alpha value is -3.44. The van der Waals surface area contributed by atoms with Gasteiger partial charge in [0.05, 0.1) is 18.7 Å². The average molecular weight is 439 g/mol. The smallest absolute Gasteiger partial charge is 0.229 e. The predicted octanol–water partition coefficient (Wildman–Crippen LogP) is 4.52. The first-order chi connectivity index (χ1) is 14.8. The molecule has 0 saturated heterocycles. The van der Waals surface area contributed by atoms with Gasteiger partial charge in [0.15, 0.2) is 15.6 Å². The molecule has 0 aliphatic rings. The van der Waals surface area contributed by atoms with Crippen molar-refractivity contribution >= 4 is 32.2 Å². The second-order valence-corrected chi connectivity index (χ2v) is 9.28. The highest BCUT2D eigenvalue weighted by Crippen LogP contribution is 2.37. The summed E-state index contributed by atoms with van der Waals surface area (Å²) >= 11 is 0. The minimum atomic E-state index is -3.34. The third kappa shape index (κ3) is 6.03. The van der Waals surface area contributed by atoms with Gasteiger partial charge in [-0.25, -0.2) is 13.3 Å². The highest BCUT2D eigenvalue weighted by atomic mass is 32.2. The standard InChI is InChI=1S/C23H22N2O5S/c1-4-11-29-23-14-20-19(13-21(23)24-2)22(9-10-25-20)30-18-7-5-16(6-8-18)12-17(26)15-31(3,27)28/h5-10,13-14H,4,11-12,15H2,1,3H3. The minimum absolute atomic E-state index is 0.0421. The number of benzene rings is 2. The fourth-order valence-electron chi connectivity index (χ4n) is 3.01. The van der Waals surface area contributed by atoms with Crippen LogP contribution in [0.15, 0.2) is 48.7 Å². The van der Waals surface area contributed by atoms with Crippen molar-refractivity contribution in [2.75, 3.05) is 18.6 Å². The van der Waals surface area contributed by atoms with Gasteiger partial charge in [-0.05, 0) is 42.3 Å². The number of carbonyl (C=O) groups is 1. The largest absolute Gasteiger partial charge is 0.505 e. The van der Waals surface area contributed by atoms with Crippen LogP contribution >= 0.6 is 0 Å². The summed E-state index contributed by atoms with van der Waals surface area (Å²) in [5.74, 6) is 0.753. The number of ketones is 1. The maximum atomic E-state index is 11.9. The number of nitrogens with zero attached hydrogens (tertiary/aromatic N) is 2. The van der Waals surface area contributed by atoms with Crippen LogP contribution in [0.5, 0.6) is 17.2 Å². The molecule has 3 rings (SSSR count). The molecule has 1 aromatic heterocycles. The Labute approximate surface area is 181 Å². The Balaban J connectivity index is 1.81. The van der Waals surface area contributed by atoms with Gasteiger partial charge < -0.3 is 9.47 Å². The number of hydrogen-bond donors (Lipinski definition) is 0. The Morgan fingerprint density at radius 2 is 1.87 bits per heavy atom. The van der Waals surface area contributed by atoms with E-state index in [0.29, 0.717) is 46.0 Å². The van der Waals surface area contributed by atoms with E-state index in [1.54, 1.807) is 48.7 Å². The number of Topliss-reactive ketones (excluding diaryl/α,β-unsaturated/α-hetero) is 1. The number of fused-ring (bicyclic) bond motifs is 1. The zero-order valence-corrected chi connectivity index (χ0v) is 18.1. The molecule has 0 spiro atoms. The van der Waals surface area contributed by atoms with E-state index in [1.165, 1.54) is 0 Å². The molecule has 0 fully saturated rings. The van der Waals surface area contributed by atoms with E-state index in [9.17, 15) is 13.2 Å². The number of rotatable bonds is 9. The van der Waals surface area contributed by atoms with Crippen molar-refractivity contribution in [1.29, 1.82) is 0 Å². The van der Waals surface area contributed by atoms with Crippen molar-refractivity contribution in [2.45, 2.75) is 19.8 Å². The molecule has 8 heteroatoms. The highest BCUT2D eigenvalue weighted by Gasteiger charge is 2.13. The summed E-state index contributed by atoms with van der Waals surface area (Å²) in [4.78, 5) is 19.8. The molecule has 0 unspecified atom stereocenters. The summed E-state index contributed by atoms with van der Waals surface area (Å²) in [7, 11) is -3.34. The summed E-state index contributed by atoms with van der Waals surface area (Å²) in [6.07, 6.45) is 3.54. The summed E-state index contributed by atoms with van der Waals surface area (Å²) in [5.41, 5.74) is 1.74. The molecule has 0 amide bonds. The minimum Gasteiger partial charge on any atom is -0.505 e. The second kappa shape index (κ2) is 9.58. The Morgan fingerprint density at radius 3 is 2.52 bits per heavy atom. The van der Waals surface area contributed by atoms with Gasteiger partial charge in [-0.15, -0.1) is 0 Å². The first-order valence-corrected chi connectivity index (χ1v) is 11.7. The van der Waals surface area contributed by atoms with Crippen LogP contribution < -0.4 is 9.47 Å². The van der Waals surface area contributed by atoms with Crippen molar-refractivity contribution in [1.82, 2.24) is 4.98 Å². The fraction of sp³-hybridized carbons (Fsp3) is 0.261. The zero-order valence-electron chi connectivity index (χ0n) is 17.3. The van der Waals surface area contributed by atoms with Gasteiger partial charge in [0.25, 0.3) is 0 Å². The first-order valence-electron chi connectivity index (χ1n) is 9.68. The van der Waals surface area contributed by atoms with Crippen molar-refractivity contribution in [2.24, 2.45) is 0 Å². The quantitative estimate of drug-likeness (QED) is 0.457. The second-order valence-electron chi connectivity index (χ2n) is 7.14. The van der Waals surface area contributed by atoms with Crippen LogP contribution in [0.1, 0.15) is 18.9 Å². The van der Waals surface area contributed by atoms with E-state index < -0.39 is 15.6 Å². The van der Waals surface area contributed by atoms with Crippen LogP contribution in [0.2, 0.25) is 0 Å². The van der Waals surface area contributed by atoms with Gasteiger partial charge in [0.2, 0.25) is 5.69 Å². The van der Waals surface area contributed by atoms with E-state index in [2.05, 4.69) is 9.83 Å². The number of pyridine rings is 1. The van der Waals surface area contributed by atoms with Crippen LogP contribution in [-0.2, 0) is 21.1 Å². The van der Waals surface area contributed by atoms with Gasteiger partial charge >= 0.3 is 0 Å². The number of ether oxygens (including phenoxy) is 2. The normalized spacial score (nSPS) is 11.1. The molecule has 0 bridgehead atoms. The SMILES string of the molecule is [C-]#[N+]c1cc2c(Oc3ccc(CC(=O)CS(C)(=O)=O)cc3)ccnc2cc1OCCC. The summed E-state index contributed by atoms with van der Waals surface area (Å²) in [5, 5.41) is 0.685. The van der Waals surface area contributed by atoms with Gasteiger partial charge in [-0.3, -0.25) is 9.78 Å². The Morgan fingerprint density at radius 1 is 1.13 bits per heavy atom. The summed E-state index contributed by atoms with van der Waals surface area (Å²) in [6, 6.07) is 12.0. The maximum Gasteiger partial charge on any atom is 0.229 e. The number of aromatic nitrogens is 1. The van der Waals surface area contributed by atoms with Gasteiger partial charge in [0.1, 0.15) is 23.0 Å².